The van der Waals surface area contributed by atoms with Gasteiger partial charge >= 0.3 is 0 Å². The van der Waals surface area contributed by atoms with Crippen LogP contribution in [0.1, 0.15) is 25.7 Å². The van der Waals surface area contributed by atoms with Crippen molar-refractivity contribution < 1.29 is 9.47 Å². The molecule has 0 unspecified atom stereocenters. The van der Waals surface area contributed by atoms with Gasteiger partial charge in [-0.3, -0.25) is 0 Å². The van der Waals surface area contributed by atoms with Gasteiger partial charge in [-0.2, -0.15) is 0 Å². The van der Waals surface area contributed by atoms with E-state index in [2.05, 4.69) is 0 Å². The van der Waals surface area contributed by atoms with Crippen molar-refractivity contribution in [3.63, 3.8) is 0 Å². The molecule has 0 aromatic rings. The van der Waals surface area contributed by atoms with Crippen molar-refractivity contribution >= 4 is 0 Å². The van der Waals surface area contributed by atoms with Gasteiger partial charge < -0.3 is 9.47 Å². The Labute approximate surface area is 55.1 Å². The number of hydrogen-bond acceptors (Lipinski definition) is 2. The van der Waals surface area contributed by atoms with E-state index in [1.165, 1.54) is 25.7 Å². The van der Waals surface area contributed by atoms with Crippen LogP contribution in [0.5, 0.6) is 0 Å². The summed E-state index contributed by atoms with van der Waals surface area (Å²) >= 11 is 0. The highest BCUT2D eigenvalue weighted by Crippen LogP contribution is 2.36. The highest BCUT2D eigenvalue weighted by molar-refractivity contribution is 4.87. The lowest BCUT2D eigenvalue weighted by atomic mass is 10.1. The summed E-state index contributed by atoms with van der Waals surface area (Å²) in [5.41, 5.74) is 0.167. The SMILES string of the molecule is C1CCC2(C1)COCO2. The van der Waals surface area contributed by atoms with Crippen molar-refractivity contribution in [1.29, 1.82) is 0 Å². The van der Waals surface area contributed by atoms with Gasteiger partial charge in [0.25, 0.3) is 0 Å². The summed E-state index contributed by atoms with van der Waals surface area (Å²) in [6.45, 7) is 1.37. The summed E-state index contributed by atoms with van der Waals surface area (Å²) < 4.78 is 10.6. The van der Waals surface area contributed by atoms with Crippen LogP contribution in [-0.4, -0.2) is 19.0 Å². The smallest absolute Gasteiger partial charge is 0.147 e. The molecule has 1 aliphatic carbocycles. The lowest BCUT2D eigenvalue weighted by Crippen LogP contribution is -2.26. The predicted octanol–water partition coefficient (Wildman–Crippen LogP) is 1.30. The van der Waals surface area contributed by atoms with Crippen LogP contribution in [0.25, 0.3) is 0 Å². The highest BCUT2D eigenvalue weighted by atomic mass is 16.7. The maximum absolute atomic E-state index is 5.48. The second-order valence-corrected chi connectivity index (χ2v) is 3.00. The molecule has 9 heavy (non-hydrogen) atoms. The second-order valence-electron chi connectivity index (χ2n) is 3.00. The zero-order valence-electron chi connectivity index (χ0n) is 5.56. The third-order valence-electron chi connectivity index (χ3n) is 2.33. The average molecular weight is 128 g/mol. The van der Waals surface area contributed by atoms with E-state index >= 15 is 0 Å². The van der Waals surface area contributed by atoms with Crippen LogP contribution in [0.15, 0.2) is 0 Å². The lowest BCUT2D eigenvalue weighted by molar-refractivity contribution is -0.00421. The molecule has 1 saturated carbocycles. The topological polar surface area (TPSA) is 18.5 Å². The molecule has 0 bridgehead atoms. The van der Waals surface area contributed by atoms with E-state index in [0.717, 1.165) is 6.61 Å². The predicted molar refractivity (Wildman–Crippen MR) is 33.1 cm³/mol. The molecule has 1 aliphatic heterocycles. The molecule has 1 saturated heterocycles. The quantitative estimate of drug-likeness (QED) is 0.489. The van der Waals surface area contributed by atoms with Gasteiger partial charge in [-0.15, -0.1) is 0 Å². The van der Waals surface area contributed by atoms with Gasteiger partial charge in [0.2, 0.25) is 0 Å². The number of hydrogen-bond donors (Lipinski definition) is 0. The van der Waals surface area contributed by atoms with Gasteiger partial charge in [-0.05, 0) is 12.8 Å². The number of rotatable bonds is 0. The lowest BCUT2D eigenvalue weighted by Gasteiger charge is -2.17. The number of ether oxygens (including phenoxy) is 2. The zero-order chi connectivity index (χ0) is 6.16. The van der Waals surface area contributed by atoms with Crippen molar-refractivity contribution in [2.45, 2.75) is 31.3 Å². The van der Waals surface area contributed by atoms with Gasteiger partial charge in [-0.1, -0.05) is 12.8 Å². The van der Waals surface area contributed by atoms with E-state index in [9.17, 15) is 0 Å². The van der Waals surface area contributed by atoms with Crippen molar-refractivity contribution in [2.75, 3.05) is 13.4 Å². The summed E-state index contributed by atoms with van der Waals surface area (Å²) in [4.78, 5) is 0. The first-order valence-electron chi connectivity index (χ1n) is 3.63. The molecule has 1 heterocycles. The van der Waals surface area contributed by atoms with E-state index in [0.29, 0.717) is 6.79 Å². The minimum absolute atomic E-state index is 0.167. The molecule has 2 rings (SSSR count). The molecular weight excluding hydrogens is 116 g/mol. The van der Waals surface area contributed by atoms with E-state index in [1.807, 2.05) is 0 Å². The Morgan fingerprint density at radius 1 is 1.11 bits per heavy atom. The van der Waals surface area contributed by atoms with Crippen molar-refractivity contribution in [1.82, 2.24) is 0 Å². The fraction of sp³-hybridized carbons (Fsp3) is 1.00. The van der Waals surface area contributed by atoms with Gasteiger partial charge in [0.1, 0.15) is 6.79 Å². The van der Waals surface area contributed by atoms with Crippen LogP contribution < -0.4 is 0 Å². The first-order valence-corrected chi connectivity index (χ1v) is 3.63. The van der Waals surface area contributed by atoms with E-state index in [1.54, 1.807) is 0 Å². The summed E-state index contributed by atoms with van der Waals surface area (Å²) in [5, 5.41) is 0. The Balaban J connectivity index is 2.04. The molecule has 2 heteroatoms. The largest absolute Gasteiger partial charge is 0.352 e. The summed E-state index contributed by atoms with van der Waals surface area (Å²) in [6.07, 6.45) is 5.08. The molecule has 0 radical (unpaired) electrons. The third-order valence-corrected chi connectivity index (χ3v) is 2.33. The van der Waals surface area contributed by atoms with Crippen LogP contribution in [0.2, 0.25) is 0 Å². The molecule has 0 amide bonds. The minimum atomic E-state index is 0.167. The Morgan fingerprint density at radius 2 is 1.89 bits per heavy atom. The second kappa shape index (κ2) is 1.96. The maximum atomic E-state index is 5.48. The van der Waals surface area contributed by atoms with E-state index < -0.39 is 0 Å². The summed E-state index contributed by atoms with van der Waals surface area (Å²) in [5.74, 6) is 0. The Morgan fingerprint density at radius 3 is 2.44 bits per heavy atom. The van der Waals surface area contributed by atoms with E-state index in [4.69, 9.17) is 9.47 Å². The highest BCUT2D eigenvalue weighted by Gasteiger charge is 2.38. The fourth-order valence-electron chi connectivity index (χ4n) is 1.74. The van der Waals surface area contributed by atoms with Crippen LogP contribution in [0.4, 0.5) is 0 Å². The molecular formula is C7H12O2. The molecule has 0 aromatic heterocycles. The molecule has 0 aromatic carbocycles. The molecule has 52 valence electrons. The van der Waals surface area contributed by atoms with Gasteiger partial charge in [0, 0.05) is 0 Å². The van der Waals surface area contributed by atoms with Crippen molar-refractivity contribution in [3.05, 3.63) is 0 Å². The first-order chi connectivity index (χ1) is 4.41. The van der Waals surface area contributed by atoms with Gasteiger partial charge in [0.05, 0.1) is 12.2 Å². The molecule has 0 atom stereocenters. The van der Waals surface area contributed by atoms with Crippen LogP contribution >= 0.6 is 0 Å². The Bertz CT molecular complexity index is 82.0. The molecule has 2 fully saturated rings. The molecule has 2 aliphatic rings. The summed E-state index contributed by atoms with van der Waals surface area (Å²) in [7, 11) is 0. The van der Waals surface area contributed by atoms with Crippen molar-refractivity contribution in [3.8, 4) is 0 Å². The standard InChI is InChI=1S/C7H12O2/c1-2-4-7(3-1)5-8-6-9-7/h1-6H2. The molecule has 1 spiro atoms. The fourth-order valence-corrected chi connectivity index (χ4v) is 1.74. The maximum Gasteiger partial charge on any atom is 0.147 e. The van der Waals surface area contributed by atoms with E-state index in [-0.39, 0.29) is 5.60 Å². The van der Waals surface area contributed by atoms with Gasteiger partial charge in [0.15, 0.2) is 0 Å². The zero-order valence-corrected chi connectivity index (χ0v) is 5.56. The Kier molecular flexibility index (Phi) is 1.24. The Hall–Kier alpha value is -0.0800. The normalized spacial score (nSPS) is 32.0. The van der Waals surface area contributed by atoms with Crippen LogP contribution in [0, 0.1) is 0 Å². The monoisotopic (exact) mass is 128 g/mol. The van der Waals surface area contributed by atoms with Gasteiger partial charge in [-0.25, -0.2) is 0 Å². The molecule has 0 N–H and O–H groups in total. The minimum Gasteiger partial charge on any atom is -0.352 e. The average Bonchev–Trinajstić information content (AvgIpc) is 2.45. The molecule has 2 nitrogen and oxygen atoms in total. The summed E-state index contributed by atoms with van der Waals surface area (Å²) in [6, 6.07) is 0. The third kappa shape index (κ3) is 0.864. The van der Waals surface area contributed by atoms with Crippen LogP contribution in [-0.2, 0) is 9.47 Å². The van der Waals surface area contributed by atoms with Crippen molar-refractivity contribution in [2.24, 2.45) is 0 Å². The first kappa shape index (κ1) is 5.69. The van der Waals surface area contributed by atoms with Crippen LogP contribution in [0.3, 0.4) is 0 Å².